The van der Waals surface area contributed by atoms with E-state index in [1.54, 1.807) is 42.6 Å². The molecular weight excluding hydrogens is 336 g/mol. The first-order valence-corrected chi connectivity index (χ1v) is 9.06. The van der Waals surface area contributed by atoms with Crippen LogP contribution in [-0.4, -0.2) is 48.2 Å². The van der Waals surface area contributed by atoms with Gasteiger partial charge in [0.05, 0.1) is 23.8 Å². The molecule has 1 aliphatic heterocycles. The number of phenols is 1. The SMILES string of the molecule is Oc1cc(-n2ccnc2)ccc1-c1ncc(SC2CCNCC2)nn1. The number of imidazole rings is 1. The van der Waals surface area contributed by atoms with Gasteiger partial charge in [-0.2, -0.15) is 0 Å². The Morgan fingerprint density at radius 1 is 1.20 bits per heavy atom. The molecule has 128 valence electrons. The van der Waals surface area contributed by atoms with Gasteiger partial charge in [-0.05, 0) is 38.1 Å². The van der Waals surface area contributed by atoms with Crippen LogP contribution >= 0.6 is 11.8 Å². The average Bonchev–Trinajstić information content (AvgIpc) is 3.18. The molecule has 3 heterocycles. The Kier molecular flexibility index (Phi) is 4.62. The van der Waals surface area contributed by atoms with Crippen LogP contribution in [-0.2, 0) is 0 Å². The summed E-state index contributed by atoms with van der Waals surface area (Å²) in [5.41, 5.74) is 1.39. The lowest BCUT2D eigenvalue weighted by molar-refractivity contribution is 0.476. The molecule has 25 heavy (non-hydrogen) atoms. The molecule has 2 N–H and O–H groups in total. The molecule has 1 saturated heterocycles. The van der Waals surface area contributed by atoms with Gasteiger partial charge in [0.1, 0.15) is 10.8 Å². The number of nitrogens with one attached hydrogen (secondary N) is 1. The lowest BCUT2D eigenvalue weighted by atomic mass is 10.1. The number of phenolic OH excluding ortho intramolecular Hbond substituents is 1. The van der Waals surface area contributed by atoms with Crippen LogP contribution in [0.4, 0.5) is 0 Å². The first-order valence-electron chi connectivity index (χ1n) is 8.18. The standard InChI is InChI=1S/C17H18N6OS/c24-15-9-12(23-8-7-19-11-23)1-2-14(15)17-20-10-16(21-22-17)25-13-3-5-18-6-4-13/h1-2,7-11,13,18,24H,3-6H2. The Hall–Kier alpha value is -2.45. The zero-order valence-electron chi connectivity index (χ0n) is 13.5. The molecule has 1 aromatic carbocycles. The minimum absolute atomic E-state index is 0.117. The fourth-order valence-electron chi connectivity index (χ4n) is 2.81. The Balaban J connectivity index is 1.51. The first kappa shape index (κ1) is 16.0. The number of aromatic nitrogens is 5. The molecule has 1 fully saturated rings. The van der Waals surface area contributed by atoms with E-state index in [0.717, 1.165) is 36.6 Å². The van der Waals surface area contributed by atoms with Gasteiger partial charge >= 0.3 is 0 Å². The number of rotatable bonds is 4. The molecule has 1 aliphatic rings. The number of hydrogen-bond acceptors (Lipinski definition) is 7. The van der Waals surface area contributed by atoms with Crippen molar-refractivity contribution in [2.24, 2.45) is 0 Å². The molecule has 8 heteroatoms. The fraction of sp³-hybridized carbons (Fsp3) is 0.294. The smallest absolute Gasteiger partial charge is 0.185 e. The van der Waals surface area contributed by atoms with E-state index < -0.39 is 0 Å². The van der Waals surface area contributed by atoms with Gasteiger partial charge in [0.2, 0.25) is 0 Å². The molecule has 0 atom stereocenters. The predicted molar refractivity (Wildman–Crippen MR) is 95.8 cm³/mol. The molecule has 0 radical (unpaired) electrons. The zero-order valence-corrected chi connectivity index (χ0v) is 14.4. The maximum Gasteiger partial charge on any atom is 0.185 e. The maximum atomic E-state index is 10.3. The highest BCUT2D eigenvalue weighted by Gasteiger charge is 2.16. The van der Waals surface area contributed by atoms with Crippen LogP contribution in [0.3, 0.4) is 0 Å². The van der Waals surface area contributed by atoms with E-state index in [4.69, 9.17) is 0 Å². The van der Waals surface area contributed by atoms with Gasteiger partial charge in [-0.3, -0.25) is 0 Å². The second-order valence-corrected chi connectivity index (χ2v) is 7.18. The molecule has 3 aromatic rings. The molecule has 0 amide bonds. The van der Waals surface area contributed by atoms with Crippen molar-refractivity contribution in [1.82, 2.24) is 30.0 Å². The van der Waals surface area contributed by atoms with Gasteiger partial charge in [-0.25, -0.2) is 9.97 Å². The fourth-order valence-corrected chi connectivity index (χ4v) is 3.82. The van der Waals surface area contributed by atoms with Gasteiger partial charge in [0, 0.05) is 23.7 Å². The number of hydrogen-bond donors (Lipinski definition) is 2. The number of aromatic hydroxyl groups is 1. The third kappa shape index (κ3) is 3.64. The molecule has 0 unspecified atom stereocenters. The Morgan fingerprint density at radius 2 is 2.08 bits per heavy atom. The zero-order chi connectivity index (χ0) is 17.1. The van der Waals surface area contributed by atoms with E-state index >= 15 is 0 Å². The molecular formula is C17H18N6OS. The van der Waals surface area contributed by atoms with Gasteiger partial charge in [0.15, 0.2) is 5.82 Å². The van der Waals surface area contributed by atoms with Crippen LogP contribution in [0.25, 0.3) is 17.1 Å². The minimum Gasteiger partial charge on any atom is -0.507 e. The third-order valence-electron chi connectivity index (χ3n) is 4.14. The Morgan fingerprint density at radius 3 is 2.76 bits per heavy atom. The summed E-state index contributed by atoms with van der Waals surface area (Å²) in [5.74, 6) is 0.538. The summed E-state index contributed by atoms with van der Waals surface area (Å²) in [6, 6.07) is 5.34. The predicted octanol–water partition coefficient (Wildman–Crippen LogP) is 2.27. The number of piperidine rings is 1. The third-order valence-corrected chi connectivity index (χ3v) is 5.37. The summed E-state index contributed by atoms with van der Waals surface area (Å²) < 4.78 is 1.82. The van der Waals surface area contributed by atoms with Crippen molar-refractivity contribution < 1.29 is 5.11 Å². The number of thioether (sulfide) groups is 1. The maximum absolute atomic E-state index is 10.3. The molecule has 0 saturated carbocycles. The second-order valence-electron chi connectivity index (χ2n) is 5.86. The lowest BCUT2D eigenvalue weighted by Crippen LogP contribution is -2.29. The molecule has 0 aliphatic carbocycles. The highest BCUT2D eigenvalue weighted by molar-refractivity contribution is 7.99. The quantitative estimate of drug-likeness (QED) is 0.743. The van der Waals surface area contributed by atoms with Crippen LogP contribution in [0.2, 0.25) is 0 Å². The Bertz CT molecular complexity index is 831. The lowest BCUT2D eigenvalue weighted by Gasteiger charge is -2.21. The van der Waals surface area contributed by atoms with Gasteiger partial charge in [0.25, 0.3) is 0 Å². The summed E-state index contributed by atoms with van der Waals surface area (Å²) >= 11 is 1.72. The van der Waals surface area contributed by atoms with Crippen molar-refractivity contribution in [3.63, 3.8) is 0 Å². The van der Waals surface area contributed by atoms with Gasteiger partial charge < -0.3 is 15.0 Å². The minimum atomic E-state index is 0.117. The van der Waals surface area contributed by atoms with Crippen molar-refractivity contribution in [3.05, 3.63) is 43.1 Å². The molecule has 4 rings (SSSR count). The van der Waals surface area contributed by atoms with Crippen LogP contribution in [0.1, 0.15) is 12.8 Å². The molecule has 0 spiro atoms. The summed E-state index contributed by atoms with van der Waals surface area (Å²) in [5, 5.41) is 23.5. The van der Waals surface area contributed by atoms with E-state index in [9.17, 15) is 5.11 Å². The molecule has 2 aromatic heterocycles. The van der Waals surface area contributed by atoms with Gasteiger partial charge in [-0.15, -0.1) is 10.2 Å². The van der Waals surface area contributed by atoms with Crippen LogP contribution < -0.4 is 5.32 Å². The first-order chi connectivity index (χ1) is 12.3. The van der Waals surface area contributed by atoms with E-state index in [0.29, 0.717) is 16.6 Å². The summed E-state index contributed by atoms with van der Waals surface area (Å²) in [6.07, 6.45) is 9.18. The van der Waals surface area contributed by atoms with Crippen molar-refractivity contribution >= 4 is 11.8 Å². The van der Waals surface area contributed by atoms with Crippen LogP contribution in [0, 0.1) is 0 Å². The molecule has 0 bridgehead atoms. The van der Waals surface area contributed by atoms with E-state index in [2.05, 4.69) is 25.5 Å². The van der Waals surface area contributed by atoms with Gasteiger partial charge in [-0.1, -0.05) is 11.8 Å². The molecule has 7 nitrogen and oxygen atoms in total. The van der Waals surface area contributed by atoms with E-state index in [1.165, 1.54) is 0 Å². The average molecular weight is 354 g/mol. The summed E-state index contributed by atoms with van der Waals surface area (Å²) in [6.45, 7) is 2.10. The monoisotopic (exact) mass is 354 g/mol. The highest BCUT2D eigenvalue weighted by atomic mass is 32.2. The van der Waals surface area contributed by atoms with Crippen LogP contribution in [0.5, 0.6) is 5.75 Å². The van der Waals surface area contributed by atoms with E-state index in [-0.39, 0.29) is 5.75 Å². The Labute approximate surface area is 149 Å². The summed E-state index contributed by atoms with van der Waals surface area (Å²) in [7, 11) is 0. The summed E-state index contributed by atoms with van der Waals surface area (Å²) in [4.78, 5) is 8.39. The number of benzene rings is 1. The van der Waals surface area contributed by atoms with Crippen molar-refractivity contribution in [1.29, 1.82) is 0 Å². The second kappa shape index (κ2) is 7.20. The van der Waals surface area contributed by atoms with Crippen LogP contribution in [0.15, 0.2) is 48.1 Å². The highest BCUT2D eigenvalue weighted by Crippen LogP contribution is 2.30. The largest absolute Gasteiger partial charge is 0.507 e. The van der Waals surface area contributed by atoms with Crippen molar-refractivity contribution in [2.45, 2.75) is 23.1 Å². The normalized spacial score (nSPS) is 15.4. The topological polar surface area (TPSA) is 88.8 Å². The van der Waals surface area contributed by atoms with Crippen molar-refractivity contribution in [3.8, 4) is 22.8 Å². The van der Waals surface area contributed by atoms with E-state index in [1.807, 2.05) is 16.8 Å². The van der Waals surface area contributed by atoms with Crippen molar-refractivity contribution in [2.75, 3.05) is 13.1 Å². The number of nitrogens with zero attached hydrogens (tertiary/aromatic N) is 5.